The molecule has 0 fully saturated rings. The third-order valence-corrected chi connectivity index (χ3v) is 3.16. The molecule has 1 aromatic rings. The van der Waals surface area contributed by atoms with Crippen LogP contribution < -0.4 is 5.32 Å². The topological polar surface area (TPSA) is 67.2 Å². The van der Waals surface area contributed by atoms with Crippen LogP contribution in [0.4, 0.5) is 14.5 Å². The summed E-state index contributed by atoms with van der Waals surface area (Å²) in [5.41, 5.74) is -0.650. The quantitative estimate of drug-likeness (QED) is 0.737. The summed E-state index contributed by atoms with van der Waals surface area (Å²) >= 11 is 0. The van der Waals surface area contributed by atoms with Crippen LogP contribution in [-0.2, 0) is 11.3 Å². The van der Waals surface area contributed by atoms with Gasteiger partial charge in [-0.25, -0.2) is 8.78 Å². The average molecular weight is 303 g/mol. The Labute approximate surface area is 123 Å². The van der Waals surface area contributed by atoms with Gasteiger partial charge in [0.15, 0.2) is 0 Å². The number of nitrogens with one attached hydrogen (secondary N) is 1. The summed E-state index contributed by atoms with van der Waals surface area (Å²) in [6, 6.07) is 0. The van der Waals surface area contributed by atoms with E-state index in [9.17, 15) is 18.7 Å². The molecule has 1 heterocycles. The van der Waals surface area contributed by atoms with Gasteiger partial charge in [-0.3, -0.25) is 9.48 Å². The lowest BCUT2D eigenvalue weighted by molar-refractivity contribution is -0.121. The van der Waals surface area contributed by atoms with Crippen molar-refractivity contribution in [1.29, 1.82) is 0 Å². The van der Waals surface area contributed by atoms with Gasteiger partial charge in [0.05, 0.1) is 23.9 Å². The second-order valence-corrected chi connectivity index (χ2v) is 5.29. The summed E-state index contributed by atoms with van der Waals surface area (Å²) in [5, 5.41) is 16.7. The SMILES string of the molecule is CCCC(O)(CCC)CC(=O)Nc1cnn(CC(F)F)c1. The van der Waals surface area contributed by atoms with Gasteiger partial charge in [-0.05, 0) is 12.8 Å². The first-order valence-electron chi connectivity index (χ1n) is 7.21. The largest absolute Gasteiger partial charge is 0.389 e. The smallest absolute Gasteiger partial charge is 0.257 e. The molecule has 7 heteroatoms. The number of halogens is 2. The van der Waals surface area contributed by atoms with E-state index in [1.807, 2.05) is 13.8 Å². The highest BCUT2D eigenvalue weighted by atomic mass is 19.3. The molecule has 0 radical (unpaired) electrons. The van der Waals surface area contributed by atoms with Crippen molar-refractivity contribution in [3.8, 4) is 0 Å². The summed E-state index contributed by atoms with van der Waals surface area (Å²) < 4.78 is 25.5. The van der Waals surface area contributed by atoms with Crippen LogP contribution in [0.2, 0.25) is 0 Å². The molecular weight excluding hydrogens is 280 g/mol. The first-order valence-corrected chi connectivity index (χ1v) is 7.21. The molecule has 0 aliphatic heterocycles. The Morgan fingerprint density at radius 2 is 2.05 bits per heavy atom. The Kier molecular flexibility index (Phi) is 6.74. The summed E-state index contributed by atoms with van der Waals surface area (Å²) in [6.45, 7) is 3.39. The predicted octanol–water partition coefficient (Wildman–Crippen LogP) is 2.81. The van der Waals surface area contributed by atoms with Crippen molar-refractivity contribution < 1.29 is 18.7 Å². The maximum Gasteiger partial charge on any atom is 0.257 e. The van der Waals surface area contributed by atoms with Gasteiger partial charge in [0.1, 0.15) is 6.54 Å². The lowest BCUT2D eigenvalue weighted by Gasteiger charge is -2.26. The summed E-state index contributed by atoms with van der Waals surface area (Å²) in [6.07, 6.45) is 2.85. The Morgan fingerprint density at radius 1 is 1.43 bits per heavy atom. The minimum Gasteiger partial charge on any atom is -0.389 e. The number of hydrogen-bond donors (Lipinski definition) is 2. The molecule has 5 nitrogen and oxygen atoms in total. The van der Waals surface area contributed by atoms with Crippen molar-refractivity contribution >= 4 is 11.6 Å². The fourth-order valence-electron chi connectivity index (χ4n) is 2.41. The lowest BCUT2D eigenvalue weighted by Crippen LogP contribution is -2.33. The fourth-order valence-corrected chi connectivity index (χ4v) is 2.41. The van der Waals surface area contributed by atoms with Crippen LogP contribution in [0.25, 0.3) is 0 Å². The number of anilines is 1. The van der Waals surface area contributed by atoms with E-state index in [0.717, 1.165) is 17.5 Å². The van der Waals surface area contributed by atoms with Crippen LogP contribution in [0.1, 0.15) is 46.0 Å². The zero-order chi connectivity index (χ0) is 15.9. The Bertz CT molecular complexity index is 443. The maximum absolute atomic E-state index is 12.2. The van der Waals surface area contributed by atoms with Crippen molar-refractivity contribution in [1.82, 2.24) is 9.78 Å². The lowest BCUT2D eigenvalue weighted by atomic mass is 9.89. The van der Waals surface area contributed by atoms with Crippen molar-refractivity contribution in [2.45, 2.75) is 64.5 Å². The van der Waals surface area contributed by atoms with Gasteiger partial charge in [-0.15, -0.1) is 0 Å². The number of amides is 1. The second kappa shape index (κ2) is 8.07. The van der Waals surface area contributed by atoms with Crippen molar-refractivity contribution in [2.75, 3.05) is 5.32 Å². The highest BCUT2D eigenvalue weighted by molar-refractivity contribution is 5.91. The zero-order valence-electron chi connectivity index (χ0n) is 12.5. The van der Waals surface area contributed by atoms with E-state index in [1.165, 1.54) is 12.4 Å². The molecule has 0 aliphatic rings. The highest BCUT2D eigenvalue weighted by Crippen LogP contribution is 2.24. The third kappa shape index (κ3) is 6.20. The molecule has 1 rings (SSSR count). The number of carbonyl (C=O) groups excluding carboxylic acids is 1. The number of aliphatic hydroxyl groups is 1. The normalized spacial score (nSPS) is 11.9. The van der Waals surface area contributed by atoms with Gasteiger partial charge >= 0.3 is 0 Å². The van der Waals surface area contributed by atoms with E-state index in [4.69, 9.17) is 0 Å². The molecule has 0 saturated carbocycles. The van der Waals surface area contributed by atoms with E-state index in [2.05, 4.69) is 10.4 Å². The first-order chi connectivity index (χ1) is 9.88. The number of hydrogen-bond acceptors (Lipinski definition) is 3. The molecule has 0 unspecified atom stereocenters. The van der Waals surface area contributed by atoms with Crippen LogP contribution >= 0.6 is 0 Å². The van der Waals surface area contributed by atoms with Crippen LogP contribution in [0, 0.1) is 0 Å². The van der Waals surface area contributed by atoms with Gasteiger partial charge < -0.3 is 10.4 Å². The van der Waals surface area contributed by atoms with E-state index in [-0.39, 0.29) is 12.3 Å². The Morgan fingerprint density at radius 3 is 2.57 bits per heavy atom. The molecule has 0 saturated heterocycles. The summed E-state index contributed by atoms with van der Waals surface area (Å²) in [5.74, 6) is -0.337. The molecule has 0 atom stereocenters. The van der Waals surface area contributed by atoms with Gasteiger partial charge in [0, 0.05) is 6.20 Å². The van der Waals surface area contributed by atoms with Crippen LogP contribution in [-0.4, -0.2) is 32.8 Å². The van der Waals surface area contributed by atoms with Gasteiger partial charge in [-0.2, -0.15) is 5.10 Å². The van der Waals surface area contributed by atoms with Crippen molar-refractivity contribution in [3.05, 3.63) is 12.4 Å². The summed E-state index contributed by atoms with van der Waals surface area (Å²) in [7, 11) is 0. The monoisotopic (exact) mass is 303 g/mol. The first kappa shape index (κ1) is 17.6. The van der Waals surface area contributed by atoms with Crippen LogP contribution in [0.5, 0.6) is 0 Å². The van der Waals surface area contributed by atoms with Gasteiger partial charge in [0.25, 0.3) is 6.43 Å². The Hall–Kier alpha value is -1.50. The van der Waals surface area contributed by atoms with E-state index in [1.54, 1.807) is 0 Å². The van der Waals surface area contributed by atoms with Gasteiger partial charge in [0.2, 0.25) is 5.91 Å². The fraction of sp³-hybridized carbons (Fsp3) is 0.714. The number of rotatable bonds is 9. The molecule has 1 amide bonds. The second-order valence-electron chi connectivity index (χ2n) is 5.29. The average Bonchev–Trinajstić information content (AvgIpc) is 2.75. The van der Waals surface area contributed by atoms with Crippen molar-refractivity contribution in [2.24, 2.45) is 0 Å². The van der Waals surface area contributed by atoms with E-state index < -0.39 is 18.6 Å². The standard InChI is InChI=1S/C14H23F2N3O2/c1-3-5-14(21,6-4-2)7-13(20)18-11-8-17-19(9-11)10-12(15)16/h8-9,12,21H,3-7,10H2,1-2H3,(H,18,20). The number of aromatic nitrogens is 2. The predicted molar refractivity (Wildman–Crippen MR) is 76.2 cm³/mol. The molecule has 21 heavy (non-hydrogen) atoms. The molecule has 0 aromatic carbocycles. The minimum absolute atomic E-state index is 0.00525. The Balaban J connectivity index is 2.57. The van der Waals surface area contributed by atoms with Crippen molar-refractivity contribution in [3.63, 3.8) is 0 Å². The van der Waals surface area contributed by atoms with E-state index in [0.29, 0.717) is 18.5 Å². The zero-order valence-corrected chi connectivity index (χ0v) is 12.5. The molecule has 0 bridgehead atoms. The molecule has 1 aromatic heterocycles. The number of nitrogens with zero attached hydrogens (tertiary/aromatic N) is 2. The highest BCUT2D eigenvalue weighted by Gasteiger charge is 2.28. The number of carbonyl (C=O) groups is 1. The molecular formula is C14H23F2N3O2. The van der Waals surface area contributed by atoms with Crippen LogP contribution in [0.3, 0.4) is 0 Å². The molecule has 0 spiro atoms. The van der Waals surface area contributed by atoms with Gasteiger partial charge in [-0.1, -0.05) is 26.7 Å². The molecule has 2 N–H and O–H groups in total. The maximum atomic E-state index is 12.2. The van der Waals surface area contributed by atoms with Crippen LogP contribution in [0.15, 0.2) is 12.4 Å². The third-order valence-electron chi connectivity index (χ3n) is 3.16. The summed E-state index contributed by atoms with van der Waals surface area (Å²) in [4.78, 5) is 12.0. The molecule has 0 aliphatic carbocycles. The van der Waals surface area contributed by atoms with E-state index >= 15 is 0 Å². The number of alkyl halides is 2. The molecule has 120 valence electrons. The minimum atomic E-state index is -2.49.